The summed E-state index contributed by atoms with van der Waals surface area (Å²) in [6.45, 7) is 2.07. The van der Waals surface area contributed by atoms with Crippen molar-refractivity contribution >= 4 is 35.1 Å². The van der Waals surface area contributed by atoms with Gasteiger partial charge in [-0.25, -0.2) is 4.90 Å². The maximum Gasteiger partial charge on any atom is 0.293 e. The molecule has 0 spiro atoms. The maximum atomic E-state index is 14.5. The zero-order chi connectivity index (χ0) is 27.6. The highest BCUT2D eigenvalue weighted by Gasteiger charge is 2.68. The van der Waals surface area contributed by atoms with E-state index in [9.17, 15) is 19.7 Å². The van der Waals surface area contributed by atoms with Crippen molar-refractivity contribution in [3.05, 3.63) is 135 Å². The highest BCUT2D eigenvalue weighted by molar-refractivity contribution is 6.25. The van der Waals surface area contributed by atoms with Gasteiger partial charge in [0.05, 0.1) is 27.9 Å². The molecule has 4 aliphatic rings. The second-order valence-electron chi connectivity index (χ2n) is 10.5. The van der Waals surface area contributed by atoms with Crippen molar-refractivity contribution in [1.29, 1.82) is 0 Å². The Morgan fingerprint density at radius 2 is 1.45 bits per heavy atom. The summed E-state index contributed by atoms with van der Waals surface area (Å²) < 4.78 is 0. The summed E-state index contributed by atoms with van der Waals surface area (Å²) >= 11 is 0. The highest BCUT2D eigenvalue weighted by atomic mass is 16.6. The number of aliphatic imine (C=N–C) groups is 1. The van der Waals surface area contributed by atoms with Gasteiger partial charge >= 0.3 is 0 Å². The summed E-state index contributed by atoms with van der Waals surface area (Å²) in [6.07, 6.45) is 2.66. The standard InChI is InChI=1S/C33H25N3O4/c1-2-20-11-3-8-16-25(20)34-19-33-23-14-6-4-12-21(23)28(22-13-5-7-15-24(22)33)29-30(33)32(38)35(31(29)37)26-17-9-10-18-27(26)36(39)40/h3-19,28-30H,2H2,1H3. The molecule has 1 fully saturated rings. The van der Waals surface area contributed by atoms with E-state index in [0.29, 0.717) is 0 Å². The van der Waals surface area contributed by atoms with Gasteiger partial charge in [0.25, 0.3) is 5.69 Å². The molecule has 8 rings (SSSR count). The lowest BCUT2D eigenvalue weighted by atomic mass is 9.47. The van der Waals surface area contributed by atoms with Gasteiger partial charge in [-0.3, -0.25) is 24.7 Å². The van der Waals surface area contributed by atoms with E-state index in [1.54, 1.807) is 6.07 Å². The first-order chi connectivity index (χ1) is 19.5. The van der Waals surface area contributed by atoms with E-state index in [0.717, 1.165) is 44.8 Å². The van der Waals surface area contributed by atoms with Crippen molar-refractivity contribution in [2.45, 2.75) is 24.7 Å². The number of amides is 2. The fourth-order valence-electron chi connectivity index (χ4n) is 7.20. The van der Waals surface area contributed by atoms with Crippen LogP contribution >= 0.6 is 0 Å². The number of carbonyl (C=O) groups excluding carboxylic acids is 2. The van der Waals surface area contributed by atoms with Gasteiger partial charge in [0.2, 0.25) is 11.8 Å². The van der Waals surface area contributed by atoms with Gasteiger partial charge < -0.3 is 0 Å². The van der Waals surface area contributed by atoms with Gasteiger partial charge in [-0.2, -0.15) is 0 Å². The molecule has 7 heteroatoms. The molecule has 2 atom stereocenters. The number of aryl methyl sites for hydroxylation is 1. The minimum atomic E-state index is -1.03. The van der Waals surface area contributed by atoms with E-state index < -0.39 is 34.0 Å². The van der Waals surface area contributed by atoms with Crippen LogP contribution in [0, 0.1) is 22.0 Å². The molecule has 1 saturated heterocycles. The zero-order valence-corrected chi connectivity index (χ0v) is 21.7. The number of hydrogen-bond donors (Lipinski definition) is 0. The number of anilines is 1. The summed E-state index contributed by atoms with van der Waals surface area (Å²) in [5.41, 5.74) is 4.47. The van der Waals surface area contributed by atoms with Crippen LogP contribution in [0.4, 0.5) is 17.1 Å². The van der Waals surface area contributed by atoms with Crippen LogP contribution in [0.1, 0.15) is 40.7 Å². The SMILES string of the molecule is CCc1ccccc1N=CC12c3ccccc3C(c3ccccc31)C1C(=O)N(c3ccccc3[N+](=O)[O-])C(=O)C12. The second kappa shape index (κ2) is 8.81. The third-order valence-corrected chi connectivity index (χ3v) is 8.78. The molecule has 1 aliphatic heterocycles. The predicted octanol–water partition coefficient (Wildman–Crippen LogP) is 6.11. The van der Waals surface area contributed by atoms with E-state index in [1.807, 2.05) is 79.0 Å². The van der Waals surface area contributed by atoms with Gasteiger partial charge in [0.1, 0.15) is 5.69 Å². The number of rotatable bonds is 5. The van der Waals surface area contributed by atoms with Crippen molar-refractivity contribution in [3.8, 4) is 0 Å². The first-order valence-electron chi connectivity index (χ1n) is 13.4. The van der Waals surface area contributed by atoms with Gasteiger partial charge in [0.15, 0.2) is 0 Å². The lowest BCUT2D eigenvalue weighted by molar-refractivity contribution is -0.384. The molecule has 2 amide bonds. The number of nitro benzene ring substituents is 1. The normalized spacial score (nSPS) is 24.2. The van der Waals surface area contributed by atoms with Crippen molar-refractivity contribution in [2.75, 3.05) is 4.90 Å². The molecule has 0 N–H and O–H groups in total. The van der Waals surface area contributed by atoms with Crippen molar-refractivity contribution < 1.29 is 14.5 Å². The average molecular weight is 528 g/mol. The lowest BCUT2D eigenvalue weighted by Crippen LogP contribution is -2.54. The molecule has 4 aromatic rings. The number of nitro groups is 1. The van der Waals surface area contributed by atoms with Crippen LogP contribution in [0.25, 0.3) is 0 Å². The van der Waals surface area contributed by atoms with Crippen LogP contribution in [0.2, 0.25) is 0 Å². The molecule has 2 unspecified atom stereocenters. The number of nitrogens with zero attached hydrogens (tertiary/aromatic N) is 3. The summed E-state index contributed by atoms with van der Waals surface area (Å²) in [6, 6.07) is 29.8. The lowest BCUT2D eigenvalue weighted by Gasteiger charge is -2.52. The number of benzene rings is 4. The fraction of sp³-hybridized carbons (Fsp3) is 0.182. The van der Waals surface area contributed by atoms with Crippen LogP contribution < -0.4 is 4.90 Å². The van der Waals surface area contributed by atoms with E-state index in [2.05, 4.69) is 6.92 Å². The molecule has 0 aromatic heterocycles. The molecular formula is C33H25N3O4. The molecule has 0 radical (unpaired) electrons. The third kappa shape index (κ3) is 3.09. The predicted molar refractivity (Wildman–Crippen MR) is 152 cm³/mol. The van der Waals surface area contributed by atoms with Crippen molar-refractivity contribution in [3.63, 3.8) is 0 Å². The smallest absolute Gasteiger partial charge is 0.274 e. The Bertz CT molecular complexity index is 1710. The Kier molecular flexibility index (Phi) is 5.32. The Morgan fingerprint density at radius 1 is 0.850 bits per heavy atom. The molecule has 3 aliphatic carbocycles. The Balaban J connectivity index is 1.51. The van der Waals surface area contributed by atoms with Crippen LogP contribution in [0.3, 0.4) is 0 Å². The summed E-state index contributed by atoms with van der Waals surface area (Å²) in [7, 11) is 0. The number of carbonyl (C=O) groups is 2. The van der Waals surface area contributed by atoms with Gasteiger partial charge in [0, 0.05) is 18.2 Å². The first-order valence-corrected chi connectivity index (χ1v) is 13.4. The van der Waals surface area contributed by atoms with E-state index in [-0.39, 0.29) is 17.3 Å². The van der Waals surface area contributed by atoms with Crippen molar-refractivity contribution in [1.82, 2.24) is 0 Å². The Morgan fingerprint density at radius 3 is 2.12 bits per heavy atom. The number of para-hydroxylation sites is 3. The Hall–Kier alpha value is -4.91. The van der Waals surface area contributed by atoms with Gasteiger partial charge in [-0.1, -0.05) is 85.8 Å². The Labute approximate surface area is 231 Å². The molecular weight excluding hydrogens is 502 g/mol. The van der Waals surface area contributed by atoms with E-state index in [4.69, 9.17) is 4.99 Å². The molecule has 2 bridgehead atoms. The van der Waals surface area contributed by atoms with Gasteiger partial charge in [-0.15, -0.1) is 0 Å². The molecule has 0 saturated carbocycles. The fourth-order valence-corrected chi connectivity index (χ4v) is 7.20. The quantitative estimate of drug-likeness (QED) is 0.135. The summed E-state index contributed by atoms with van der Waals surface area (Å²) in [5.74, 6) is -2.71. The molecule has 196 valence electrons. The van der Waals surface area contributed by atoms with Crippen LogP contribution in [0.5, 0.6) is 0 Å². The second-order valence-corrected chi connectivity index (χ2v) is 10.5. The van der Waals surface area contributed by atoms with E-state index >= 15 is 0 Å². The molecule has 1 heterocycles. The largest absolute Gasteiger partial charge is 0.293 e. The first kappa shape index (κ1) is 24.2. The summed E-state index contributed by atoms with van der Waals surface area (Å²) in [4.78, 5) is 46.2. The minimum Gasteiger partial charge on any atom is -0.274 e. The molecule has 40 heavy (non-hydrogen) atoms. The van der Waals surface area contributed by atoms with E-state index in [1.165, 1.54) is 18.2 Å². The zero-order valence-electron chi connectivity index (χ0n) is 21.7. The summed E-state index contributed by atoms with van der Waals surface area (Å²) in [5, 5.41) is 11.9. The monoisotopic (exact) mass is 527 g/mol. The van der Waals surface area contributed by atoms with Gasteiger partial charge in [-0.05, 0) is 46.4 Å². The van der Waals surface area contributed by atoms with Crippen LogP contribution in [0.15, 0.2) is 102 Å². The molecule has 4 aromatic carbocycles. The maximum absolute atomic E-state index is 14.5. The molecule has 7 nitrogen and oxygen atoms in total. The third-order valence-electron chi connectivity index (χ3n) is 8.78. The minimum absolute atomic E-state index is 0.00725. The topological polar surface area (TPSA) is 92.9 Å². The van der Waals surface area contributed by atoms with Crippen molar-refractivity contribution in [2.24, 2.45) is 16.8 Å². The number of hydrogen-bond acceptors (Lipinski definition) is 5. The van der Waals surface area contributed by atoms with Crippen LogP contribution in [-0.4, -0.2) is 23.0 Å². The average Bonchev–Trinajstić information content (AvgIpc) is 3.26. The van der Waals surface area contributed by atoms with Crippen LogP contribution in [-0.2, 0) is 21.4 Å². The highest BCUT2D eigenvalue weighted by Crippen LogP contribution is 2.64. The number of imide groups is 1.